The standard InChI is InChI=1S/C20H21N3O4/c1-26-17-8-6-16(7-9-17)23-13-15(11-19(23)24)20(25)22-21-12-14-4-3-5-18(10-14)27-2/h3-10,12,15H,11,13H2,1-2H3,(H,22,25)/b21-12+/t15-/m0/s1. The Kier molecular flexibility index (Phi) is 5.71. The molecule has 1 N–H and O–H groups in total. The fourth-order valence-corrected chi connectivity index (χ4v) is 2.88. The highest BCUT2D eigenvalue weighted by molar-refractivity contribution is 6.00. The summed E-state index contributed by atoms with van der Waals surface area (Å²) in [6, 6.07) is 14.5. The van der Waals surface area contributed by atoms with Crippen LogP contribution in [0.3, 0.4) is 0 Å². The molecule has 1 aliphatic rings. The zero-order valence-corrected chi connectivity index (χ0v) is 15.2. The van der Waals surface area contributed by atoms with Crippen LogP contribution in [0.5, 0.6) is 11.5 Å². The molecule has 0 aliphatic carbocycles. The van der Waals surface area contributed by atoms with Crippen molar-refractivity contribution in [2.45, 2.75) is 6.42 Å². The van der Waals surface area contributed by atoms with Crippen LogP contribution in [0.25, 0.3) is 0 Å². The Bertz CT molecular complexity index is 849. The Hall–Kier alpha value is -3.35. The van der Waals surface area contributed by atoms with Gasteiger partial charge in [-0.25, -0.2) is 5.43 Å². The first-order valence-electron chi connectivity index (χ1n) is 8.52. The Balaban J connectivity index is 1.59. The fraction of sp³-hybridized carbons (Fsp3) is 0.250. The van der Waals surface area contributed by atoms with E-state index in [9.17, 15) is 9.59 Å². The van der Waals surface area contributed by atoms with Crippen LogP contribution in [-0.2, 0) is 9.59 Å². The van der Waals surface area contributed by atoms with Gasteiger partial charge >= 0.3 is 0 Å². The Morgan fingerprint density at radius 2 is 1.89 bits per heavy atom. The zero-order chi connectivity index (χ0) is 19.2. The molecule has 7 nitrogen and oxygen atoms in total. The molecule has 1 atom stereocenters. The minimum Gasteiger partial charge on any atom is -0.497 e. The number of carbonyl (C=O) groups is 2. The number of nitrogens with zero attached hydrogens (tertiary/aromatic N) is 2. The molecule has 0 bridgehead atoms. The van der Waals surface area contributed by atoms with Crippen molar-refractivity contribution >= 4 is 23.7 Å². The topological polar surface area (TPSA) is 80.2 Å². The molecule has 0 unspecified atom stereocenters. The highest BCUT2D eigenvalue weighted by Crippen LogP contribution is 2.26. The lowest BCUT2D eigenvalue weighted by Gasteiger charge is -2.16. The number of hydrazone groups is 1. The molecule has 1 aliphatic heterocycles. The molecule has 7 heteroatoms. The number of nitrogens with one attached hydrogen (secondary N) is 1. The molecule has 0 spiro atoms. The molecule has 1 heterocycles. The molecule has 1 fully saturated rings. The van der Waals surface area contributed by atoms with Crippen molar-refractivity contribution < 1.29 is 19.1 Å². The number of benzene rings is 2. The molecular formula is C20H21N3O4. The van der Waals surface area contributed by atoms with Gasteiger partial charge in [-0.2, -0.15) is 5.10 Å². The van der Waals surface area contributed by atoms with Gasteiger partial charge in [0.25, 0.3) is 0 Å². The molecule has 2 aromatic carbocycles. The SMILES string of the molecule is COc1ccc(N2C[C@@H](C(=O)N/N=C/c3cccc(OC)c3)CC2=O)cc1. The first-order chi connectivity index (χ1) is 13.1. The summed E-state index contributed by atoms with van der Waals surface area (Å²) in [4.78, 5) is 26.2. The van der Waals surface area contributed by atoms with Gasteiger partial charge in [0, 0.05) is 18.7 Å². The second kappa shape index (κ2) is 8.35. The second-order valence-corrected chi connectivity index (χ2v) is 6.11. The minimum absolute atomic E-state index is 0.0860. The van der Waals surface area contributed by atoms with Gasteiger partial charge in [0.05, 0.1) is 26.4 Å². The Morgan fingerprint density at radius 1 is 1.15 bits per heavy atom. The van der Waals surface area contributed by atoms with E-state index >= 15 is 0 Å². The predicted octanol–water partition coefficient (Wildman–Crippen LogP) is 2.21. The maximum Gasteiger partial charge on any atom is 0.245 e. The highest BCUT2D eigenvalue weighted by Gasteiger charge is 2.35. The van der Waals surface area contributed by atoms with Gasteiger partial charge in [-0.1, -0.05) is 12.1 Å². The van der Waals surface area contributed by atoms with E-state index in [-0.39, 0.29) is 18.2 Å². The van der Waals surface area contributed by atoms with E-state index in [4.69, 9.17) is 9.47 Å². The average molecular weight is 367 g/mol. The molecule has 140 valence electrons. The third-order valence-electron chi connectivity index (χ3n) is 4.36. The quantitative estimate of drug-likeness (QED) is 0.627. The van der Waals surface area contributed by atoms with Gasteiger partial charge in [-0.15, -0.1) is 0 Å². The van der Waals surface area contributed by atoms with E-state index in [1.165, 1.54) is 0 Å². The van der Waals surface area contributed by atoms with Gasteiger partial charge in [0.1, 0.15) is 11.5 Å². The van der Waals surface area contributed by atoms with Crippen molar-refractivity contribution in [1.82, 2.24) is 5.43 Å². The smallest absolute Gasteiger partial charge is 0.245 e. The van der Waals surface area contributed by atoms with Crippen molar-refractivity contribution in [3.05, 3.63) is 54.1 Å². The predicted molar refractivity (Wildman–Crippen MR) is 102 cm³/mol. The summed E-state index contributed by atoms with van der Waals surface area (Å²) < 4.78 is 10.3. The van der Waals surface area contributed by atoms with Crippen LogP contribution in [0.4, 0.5) is 5.69 Å². The zero-order valence-electron chi connectivity index (χ0n) is 15.2. The van der Waals surface area contributed by atoms with Crippen LogP contribution in [0.2, 0.25) is 0 Å². The molecule has 2 aromatic rings. The second-order valence-electron chi connectivity index (χ2n) is 6.11. The van der Waals surface area contributed by atoms with Crippen molar-refractivity contribution in [1.29, 1.82) is 0 Å². The third kappa shape index (κ3) is 4.44. The Morgan fingerprint density at radius 3 is 2.59 bits per heavy atom. The van der Waals surface area contributed by atoms with Crippen LogP contribution in [0.1, 0.15) is 12.0 Å². The summed E-state index contributed by atoms with van der Waals surface area (Å²) >= 11 is 0. The van der Waals surface area contributed by atoms with E-state index in [1.807, 2.05) is 18.2 Å². The molecule has 0 saturated carbocycles. The van der Waals surface area contributed by atoms with Crippen LogP contribution >= 0.6 is 0 Å². The normalized spacial score (nSPS) is 16.6. The van der Waals surface area contributed by atoms with Crippen LogP contribution in [0.15, 0.2) is 53.6 Å². The number of hydrogen-bond acceptors (Lipinski definition) is 5. The van der Waals surface area contributed by atoms with E-state index in [2.05, 4.69) is 10.5 Å². The van der Waals surface area contributed by atoms with Crippen LogP contribution < -0.4 is 19.8 Å². The lowest BCUT2D eigenvalue weighted by Crippen LogP contribution is -2.30. The third-order valence-corrected chi connectivity index (χ3v) is 4.36. The lowest BCUT2D eigenvalue weighted by atomic mass is 10.1. The van der Waals surface area contributed by atoms with Crippen molar-refractivity contribution in [3.63, 3.8) is 0 Å². The molecule has 0 aromatic heterocycles. The summed E-state index contributed by atoms with van der Waals surface area (Å²) in [5.41, 5.74) is 4.06. The lowest BCUT2D eigenvalue weighted by molar-refractivity contribution is -0.126. The average Bonchev–Trinajstić information content (AvgIpc) is 3.10. The monoisotopic (exact) mass is 367 g/mol. The number of ether oxygens (including phenoxy) is 2. The van der Waals surface area contributed by atoms with Gasteiger partial charge in [-0.05, 0) is 42.0 Å². The number of rotatable bonds is 6. The summed E-state index contributed by atoms with van der Waals surface area (Å²) in [5, 5.41) is 3.98. The first-order valence-corrected chi connectivity index (χ1v) is 8.52. The van der Waals surface area contributed by atoms with E-state index < -0.39 is 5.92 Å². The number of methoxy groups -OCH3 is 2. The van der Waals surface area contributed by atoms with E-state index in [1.54, 1.807) is 55.7 Å². The minimum atomic E-state index is -0.443. The van der Waals surface area contributed by atoms with Crippen molar-refractivity contribution in [3.8, 4) is 11.5 Å². The summed E-state index contributed by atoms with van der Waals surface area (Å²) in [5.74, 6) is 0.617. The molecular weight excluding hydrogens is 346 g/mol. The van der Waals surface area contributed by atoms with Crippen molar-refractivity contribution in [2.24, 2.45) is 11.0 Å². The van der Waals surface area contributed by atoms with Gasteiger partial charge in [0.15, 0.2) is 0 Å². The molecule has 1 saturated heterocycles. The van der Waals surface area contributed by atoms with Crippen LogP contribution in [0, 0.1) is 5.92 Å². The number of amides is 2. The van der Waals surface area contributed by atoms with Gasteiger partial charge < -0.3 is 14.4 Å². The van der Waals surface area contributed by atoms with Gasteiger partial charge in [-0.3, -0.25) is 9.59 Å². The maximum atomic E-state index is 12.3. The Labute approximate surface area is 157 Å². The maximum absolute atomic E-state index is 12.3. The molecule has 3 rings (SSSR count). The van der Waals surface area contributed by atoms with E-state index in [0.717, 1.165) is 11.3 Å². The summed E-state index contributed by atoms with van der Waals surface area (Å²) in [7, 11) is 3.17. The fourth-order valence-electron chi connectivity index (χ4n) is 2.88. The number of anilines is 1. The molecule has 27 heavy (non-hydrogen) atoms. The molecule has 0 radical (unpaired) electrons. The molecule has 2 amide bonds. The number of hydrogen-bond donors (Lipinski definition) is 1. The van der Waals surface area contributed by atoms with E-state index in [0.29, 0.717) is 18.0 Å². The van der Waals surface area contributed by atoms with Crippen LogP contribution in [-0.4, -0.2) is 38.8 Å². The number of carbonyl (C=O) groups excluding carboxylic acids is 2. The van der Waals surface area contributed by atoms with Crippen molar-refractivity contribution in [2.75, 3.05) is 25.7 Å². The highest BCUT2D eigenvalue weighted by atomic mass is 16.5. The summed E-state index contributed by atoms with van der Waals surface area (Å²) in [6.45, 7) is 0.325. The first kappa shape index (κ1) is 18.4. The summed E-state index contributed by atoms with van der Waals surface area (Å²) in [6.07, 6.45) is 1.70. The largest absolute Gasteiger partial charge is 0.497 e. The van der Waals surface area contributed by atoms with Gasteiger partial charge in [0.2, 0.25) is 11.8 Å².